The zero-order chi connectivity index (χ0) is 39.7. The molecule has 0 amide bonds. The molecule has 6 heteroatoms. The van der Waals surface area contributed by atoms with E-state index in [-0.39, 0.29) is 31.1 Å². The second-order valence-corrected chi connectivity index (χ2v) is 17.3. The maximum atomic E-state index is 12.7. The van der Waals surface area contributed by atoms with E-state index in [1.165, 1.54) is 148 Å². The standard InChI is InChI=1S/C48H92O6/c1-6-7-8-9-10-11-12-13-14-15-16-19-22-28-33-38-46(49)52-41-45(54-48(51)40-35-30-25-24-27-32-37-44(4)5)42-53-47(50)39-34-29-23-20-17-18-21-26-31-36-43(2)3/h43-45H,6-42H2,1-5H3/t45-/m1/s1. The van der Waals surface area contributed by atoms with Crippen LogP contribution in [-0.2, 0) is 28.6 Å². The summed E-state index contributed by atoms with van der Waals surface area (Å²) in [5.41, 5.74) is 0. The van der Waals surface area contributed by atoms with Crippen LogP contribution in [0.5, 0.6) is 0 Å². The summed E-state index contributed by atoms with van der Waals surface area (Å²) in [6.45, 7) is 11.3. The highest BCUT2D eigenvalue weighted by atomic mass is 16.6. The van der Waals surface area contributed by atoms with Crippen LogP contribution in [0.1, 0.15) is 259 Å². The number of carbonyl (C=O) groups is 3. The number of unbranched alkanes of at least 4 members (excludes halogenated alkanes) is 27. The molecule has 0 unspecified atom stereocenters. The fraction of sp³-hybridized carbons (Fsp3) is 0.938. The molecule has 0 aliphatic rings. The fourth-order valence-electron chi connectivity index (χ4n) is 7.11. The van der Waals surface area contributed by atoms with Crippen molar-refractivity contribution >= 4 is 17.9 Å². The van der Waals surface area contributed by atoms with Crippen molar-refractivity contribution in [2.75, 3.05) is 13.2 Å². The average molecular weight is 765 g/mol. The molecule has 1 atom stereocenters. The predicted octanol–water partition coefficient (Wildman–Crippen LogP) is 15.0. The van der Waals surface area contributed by atoms with E-state index in [4.69, 9.17) is 14.2 Å². The third kappa shape index (κ3) is 41.6. The molecule has 0 rings (SSSR count). The second kappa shape index (κ2) is 41.1. The summed E-state index contributed by atoms with van der Waals surface area (Å²) in [7, 11) is 0. The summed E-state index contributed by atoms with van der Waals surface area (Å²) in [5, 5.41) is 0. The van der Waals surface area contributed by atoms with Gasteiger partial charge >= 0.3 is 17.9 Å². The molecule has 0 saturated heterocycles. The van der Waals surface area contributed by atoms with E-state index >= 15 is 0 Å². The van der Waals surface area contributed by atoms with Crippen molar-refractivity contribution in [3.63, 3.8) is 0 Å². The molecule has 0 spiro atoms. The Labute approximate surface area is 336 Å². The van der Waals surface area contributed by atoms with Gasteiger partial charge in [0.15, 0.2) is 6.10 Å². The van der Waals surface area contributed by atoms with Crippen LogP contribution in [0.3, 0.4) is 0 Å². The van der Waals surface area contributed by atoms with E-state index in [0.717, 1.165) is 69.6 Å². The Balaban J connectivity index is 4.28. The lowest BCUT2D eigenvalue weighted by atomic mass is 10.0. The molecule has 0 bridgehead atoms. The Bertz CT molecular complexity index is 824. The summed E-state index contributed by atoms with van der Waals surface area (Å²) >= 11 is 0. The molecule has 0 aliphatic carbocycles. The van der Waals surface area contributed by atoms with E-state index in [9.17, 15) is 14.4 Å². The Morgan fingerprint density at radius 2 is 0.611 bits per heavy atom. The second-order valence-electron chi connectivity index (χ2n) is 17.3. The zero-order valence-corrected chi connectivity index (χ0v) is 36.8. The van der Waals surface area contributed by atoms with Crippen molar-refractivity contribution < 1.29 is 28.6 Å². The van der Waals surface area contributed by atoms with Crippen LogP contribution in [0, 0.1) is 11.8 Å². The third-order valence-corrected chi connectivity index (χ3v) is 10.7. The Morgan fingerprint density at radius 1 is 0.352 bits per heavy atom. The first-order valence-electron chi connectivity index (χ1n) is 23.7. The lowest BCUT2D eigenvalue weighted by Crippen LogP contribution is -2.30. The topological polar surface area (TPSA) is 78.9 Å². The molecule has 0 aromatic carbocycles. The predicted molar refractivity (Wildman–Crippen MR) is 229 cm³/mol. The summed E-state index contributed by atoms with van der Waals surface area (Å²) in [5.74, 6) is 0.707. The molecule has 0 saturated carbocycles. The van der Waals surface area contributed by atoms with E-state index in [0.29, 0.717) is 19.3 Å². The summed E-state index contributed by atoms with van der Waals surface area (Å²) < 4.78 is 16.7. The molecule has 54 heavy (non-hydrogen) atoms. The maximum absolute atomic E-state index is 12.7. The molecule has 0 aromatic rings. The highest BCUT2D eigenvalue weighted by Crippen LogP contribution is 2.17. The van der Waals surface area contributed by atoms with Gasteiger partial charge in [0, 0.05) is 19.3 Å². The number of rotatable bonds is 42. The van der Waals surface area contributed by atoms with Gasteiger partial charge in [-0.1, -0.05) is 221 Å². The largest absolute Gasteiger partial charge is 0.462 e. The van der Waals surface area contributed by atoms with Gasteiger partial charge in [-0.15, -0.1) is 0 Å². The summed E-state index contributed by atoms with van der Waals surface area (Å²) in [4.78, 5) is 37.7. The van der Waals surface area contributed by atoms with Gasteiger partial charge in [-0.2, -0.15) is 0 Å². The van der Waals surface area contributed by atoms with E-state index in [1.807, 2.05) is 0 Å². The lowest BCUT2D eigenvalue weighted by Gasteiger charge is -2.18. The van der Waals surface area contributed by atoms with Crippen LogP contribution < -0.4 is 0 Å². The van der Waals surface area contributed by atoms with Gasteiger partial charge in [0.05, 0.1) is 0 Å². The first-order chi connectivity index (χ1) is 26.2. The Morgan fingerprint density at radius 3 is 0.907 bits per heavy atom. The van der Waals surface area contributed by atoms with Gasteiger partial charge in [0.1, 0.15) is 13.2 Å². The molecule has 0 aliphatic heterocycles. The van der Waals surface area contributed by atoms with Crippen LogP contribution >= 0.6 is 0 Å². The third-order valence-electron chi connectivity index (χ3n) is 10.7. The first-order valence-corrected chi connectivity index (χ1v) is 23.7. The molecular weight excluding hydrogens is 673 g/mol. The quantitative estimate of drug-likeness (QED) is 0.0350. The average Bonchev–Trinajstić information content (AvgIpc) is 3.14. The number of esters is 3. The Hall–Kier alpha value is -1.59. The van der Waals surface area contributed by atoms with Gasteiger partial charge in [0.25, 0.3) is 0 Å². The monoisotopic (exact) mass is 765 g/mol. The highest BCUT2D eigenvalue weighted by molar-refractivity contribution is 5.71. The van der Waals surface area contributed by atoms with Gasteiger partial charge in [-0.05, 0) is 31.1 Å². The molecule has 0 N–H and O–H groups in total. The molecular formula is C48H92O6. The fourth-order valence-corrected chi connectivity index (χ4v) is 7.11. The summed E-state index contributed by atoms with van der Waals surface area (Å²) in [6.07, 6.45) is 39.6. The van der Waals surface area contributed by atoms with Crippen molar-refractivity contribution in [2.45, 2.75) is 265 Å². The molecule has 0 aromatic heterocycles. The number of carbonyl (C=O) groups excluding carboxylic acids is 3. The minimum absolute atomic E-state index is 0.0656. The molecule has 320 valence electrons. The number of ether oxygens (including phenoxy) is 3. The molecule has 0 fully saturated rings. The number of hydrogen-bond acceptors (Lipinski definition) is 6. The van der Waals surface area contributed by atoms with Crippen molar-refractivity contribution in [1.82, 2.24) is 0 Å². The van der Waals surface area contributed by atoms with Crippen molar-refractivity contribution in [1.29, 1.82) is 0 Å². The van der Waals surface area contributed by atoms with Crippen molar-refractivity contribution in [2.24, 2.45) is 11.8 Å². The van der Waals surface area contributed by atoms with Crippen LogP contribution in [0.2, 0.25) is 0 Å². The van der Waals surface area contributed by atoms with E-state index in [2.05, 4.69) is 34.6 Å². The normalized spacial score (nSPS) is 12.1. The lowest BCUT2D eigenvalue weighted by molar-refractivity contribution is -0.167. The van der Waals surface area contributed by atoms with Gasteiger partial charge in [-0.3, -0.25) is 14.4 Å². The zero-order valence-electron chi connectivity index (χ0n) is 36.8. The smallest absolute Gasteiger partial charge is 0.306 e. The molecule has 6 nitrogen and oxygen atoms in total. The van der Waals surface area contributed by atoms with Crippen molar-refractivity contribution in [3.05, 3.63) is 0 Å². The highest BCUT2D eigenvalue weighted by Gasteiger charge is 2.19. The number of hydrogen-bond donors (Lipinski definition) is 0. The molecule has 0 radical (unpaired) electrons. The summed E-state index contributed by atoms with van der Waals surface area (Å²) in [6, 6.07) is 0. The van der Waals surface area contributed by atoms with Crippen molar-refractivity contribution in [3.8, 4) is 0 Å². The van der Waals surface area contributed by atoms with Crippen LogP contribution in [0.25, 0.3) is 0 Å². The van der Waals surface area contributed by atoms with Crippen LogP contribution in [-0.4, -0.2) is 37.2 Å². The molecule has 0 heterocycles. The Kier molecular flexibility index (Phi) is 39.8. The van der Waals surface area contributed by atoms with E-state index < -0.39 is 6.10 Å². The SMILES string of the molecule is CCCCCCCCCCCCCCCCCC(=O)OC[C@H](COC(=O)CCCCCCCCCCCC(C)C)OC(=O)CCCCCCCCC(C)C. The first kappa shape index (κ1) is 52.4. The minimum Gasteiger partial charge on any atom is -0.462 e. The van der Waals surface area contributed by atoms with Crippen LogP contribution in [0.4, 0.5) is 0 Å². The maximum Gasteiger partial charge on any atom is 0.306 e. The van der Waals surface area contributed by atoms with Crippen LogP contribution in [0.15, 0.2) is 0 Å². The van der Waals surface area contributed by atoms with Gasteiger partial charge in [0.2, 0.25) is 0 Å². The van der Waals surface area contributed by atoms with Gasteiger partial charge in [-0.25, -0.2) is 0 Å². The van der Waals surface area contributed by atoms with Gasteiger partial charge < -0.3 is 14.2 Å². The van der Waals surface area contributed by atoms with E-state index in [1.54, 1.807) is 0 Å². The minimum atomic E-state index is -0.761.